The van der Waals surface area contributed by atoms with Gasteiger partial charge in [-0.05, 0) is 39.2 Å². The minimum absolute atomic E-state index is 0.0211. The van der Waals surface area contributed by atoms with Gasteiger partial charge in [-0.3, -0.25) is 52.7 Å². The van der Waals surface area contributed by atoms with Gasteiger partial charge in [0.25, 0.3) is 0 Å². The molecule has 0 saturated carbocycles. The summed E-state index contributed by atoms with van der Waals surface area (Å²) in [7, 11) is 0. The summed E-state index contributed by atoms with van der Waals surface area (Å²) in [4.78, 5) is 146. The van der Waals surface area contributed by atoms with E-state index < -0.39 is 152 Å². The lowest BCUT2D eigenvalue weighted by atomic mass is 10.1. The largest absolute Gasteiger partial charge is 0.480 e. The van der Waals surface area contributed by atoms with Crippen LogP contribution in [-0.2, 0) is 57.5 Å². The molecule has 11 amide bonds. The van der Waals surface area contributed by atoms with Gasteiger partial charge in [-0.2, -0.15) is 0 Å². The van der Waals surface area contributed by atoms with Crippen LogP contribution in [0.4, 0.5) is 0 Å². The summed E-state index contributed by atoms with van der Waals surface area (Å²) in [6.07, 6.45) is -1.21. The molecule has 0 aliphatic carbocycles. The maximum absolute atomic E-state index is 13.2. The number of aliphatic hydroxyl groups excluding tert-OH is 2. The number of primary amides is 3. The standard InChI is InChI=1S/C32H55N13O15/c1-14(40-27(54)15(34)5-6-21(35)48)26(53)42-16(4-2-3-7-33)29(56)45-20(13-47)31(58)43-17(8-22(36)49)28(55)39-10-24(51)38-11-25(52)41-19(12-46)30(57)44-18(32(59)60)9-23(37)50/h14-20,46-47H,2-13,33-34H2,1H3,(H2,35,48)(H2,36,49)(H2,37,50)(H,38,51)(H,39,55)(H,40,54)(H,41,52)(H,42,53)(H,43,58)(H,44,57)(H,45,56)(H,59,60)/t14-,15-,16-,17-,18-,19-,20-/m0/s1. The average Bonchev–Trinajstić information content (AvgIpc) is 3.17. The molecule has 0 aliphatic heterocycles. The maximum atomic E-state index is 13.2. The Balaban J connectivity index is 5.47. The zero-order valence-electron chi connectivity index (χ0n) is 32.7. The predicted molar refractivity (Wildman–Crippen MR) is 202 cm³/mol. The van der Waals surface area contributed by atoms with E-state index in [9.17, 15) is 67.7 Å². The van der Waals surface area contributed by atoms with E-state index in [0.29, 0.717) is 12.8 Å². The molecule has 0 bridgehead atoms. The van der Waals surface area contributed by atoms with Crippen molar-refractivity contribution < 1.29 is 72.9 Å². The third kappa shape index (κ3) is 21.9. The Hall–Kier alpha value is -6.52. The lowest BCUT2D eigenvalue weighted by Crippen LogP contribution is -2.59. The predicted octanol–water partition coefficient (Wildman–Crippen LogP) is -10.3. The number of carbonyl (C=O) groups excluding carboxylic acids is 11. The van der Waals surface area contributed by atoms with Crippen molar-refractivity contribution in [2.45, 2.75) is 94.2 Å². The highest BCUT2D eigenvalue weighted by Crippen LogP contribution is 2.04. The van der Waals surface area contributed by atoms with Crippen LogP contribution in [-0.4, -0.2) is 161 Å². The molecule has 0 radical (unpaired) electrons. The number of unbranched alkanes of at least 4 members (excludes halogenated alkanes) is 1. The number of nitrogens with one attached hydrogen (secondary N) is 8. The van der Waals surface area contributed by atoms with Crippen LogP contribution in [0.25, 0.3) is 0 Å². The summed E-state index contributed by atoms with van der Waals surface area (Å²) < 4.78 is 0. The topological polar surface area (TPSA) is 492 Å². The monoisotopic (exact) mass is 861 g/mol. The van der Waals surface area contributed by atoms with Crippen LogP contribution in [0.15, 0.2) is 0 Å². The van der Waals surface area contributed by atoms with Crippen LogP contribution in [0, 0.1) is 0 Å². The number of hydrogen-bond acceptors (Lipinski definition) is 16. The van der Waals surface area contributed by atoms with Crippen molar-refractivity contribution in [3.8, 4) is 0 Å². The van der Waals surface area contributed by atoms with Crippen LogP contribution >= 0.6 is 0 Å². The van der Waals surface area contributed by atoms with E-state index >= 15 is 0 Å². The van der Waals surface area contributed by atoms with E-state index in [1.54, 1.807) is 0 Å². The zero-order valence-corrected chi connectivity index (χ0v) is 32.7. The van der Waals surface area contributed by atoms with E-state index in [4.69, 9.17) is 33.8 Å². The van der Waals surface area contributed by atoms with Gasteiger partial charge in [0.2, 0.25) is 65.0 Å². The molecule has 0 saturated heterocycles. The van der Waals surface area contributed by atoms with Crippen molar-refractivity contribution in [2.75, 3.05) is 32.8 Å². The van der Waals surface area contributed by atoms with Gasteiger partial charge in [-0.1, -0.05) is 0 Å². The van der Waals surface area contributed by atoms with Crippen LogP contribution in [0.5, 0.6) is 0 Å². The summed E-state index contributed by atoms with van der Waals surface area (Å²) in [6.45, 7) is -2.27. The van der Waals surface area contributed by atoms with Gasteiger partial charge in [0.05, 0.1) is 45.2 Å². The van der Waals surface area contributed by atoms with E-state index in [2.05, 4.69) is 31.9 Å². The number of nitrogens with two attached hydrogens (primary N) is 5. The fourth-order valence-corrected chi connectivity index (χ4v) is 4.67. The molecule has 21 N–H and O–H groups in total. The fourth-order valence-electron chi connectivity index (χ4n) is 4.67. The normalized spacial score (nSPS) is 14.2. The number of carboxylic acid groups (broad SMARTS) is 1. The van der Waals surface area contributed by atoms with Crippen LogP contribution < -0.4 is 71.2 Å². The highest BCUT2D eigenvalue weighted by molar-refractivity contribution is 5.98. The number of aliphatic carboxylic acids is 1. The van der Waals surface area contributed by atoms with Gasteiger partial charge in [-0.15, -0.1) is 0 Å². The second-order valence-corrected chi connectivity index (χ2v) is 13.0. The summed E-state index contributed by atoms with van der Waals surface area (Å²) in [5.74, 6) is -12.8. The molecule has 28 heteroatoms. The number of rotatable bonds is 30. The molecule has 0 spiro atoms. The smallest absolute Gasteiger partial charge is 0.326 e. The summed E-state index contributed by atoms with van der Waals surface area (Å²) in [5.41, 5.74) is 26.4. The van der Waals surface area contributed by atoms with Crippen molar-refractivity contribution in [1.82, 2.24) is 42.5 Å². The van der Waals surface area contributed by atoms with Gasteiger partial charge >= 0.3 is 5.97 Å². The first-order chi connectivity index (χ1) is 28.1. The summed E-state index contributed by atoms with van der Waals surface area (Å²) in [5, 5.41) is 45.6. The van der Waals surface area contributed by atoms with Gasteiger partial charge in [0.1, 0.15) is 36.3 Å². The van der Waals surface area contributed by atoms with Gasteiger partial charge < -0.3 is 86.5 Å². The van der Waals surface area contributed by atoms with Crippen molar-refractivity contribution in [2.24, 2.45) is 28.7 Å². The molecule has 7 atom stereocenters. The Bertz CT molecular complexity index is 1580. The third-order valence-electron chi connectivity index (χ3n) is 7.95. The maximum Gasteiger partial charge on any atom is 0.326 e. The van der Waals surface area contributed by atoms with Crippen LogP contribution in [0.2, 0.25) is 0 Å². The second-order valence-electron chi connectivity index (χ2n) is 13.0. The Morgan fingerprint density at radius 1 is 0.517 bits per heavy atom. The van der Waals surface area contributed by atoms with E-state index in [0.717, 1.165) is 0 Å². The fraction of sp³-hybridized carbons (Fsp3) is 0.625. The molecule has 0 aromatic rings. The van der Waals surface area contributed by atoms with E-state index in [1.807, 2.05) is 10.6 Å². The highest BCUT2D eigenvalue weighted by atomic mass is 16.4. The molecule has 28 nitrogen and oxygen atoms in total. The van der Waals surface area contributed by atoms with Crippen LogP contribution in [0.1, 0.15) is 51.9 Å². The molecular formula is C32H55N13O15. The van der Waals surface area contributed by atoms with Crippen molar-refractivity contribution in [3.63, 3.8) is 0 Å². The molecule has 60 heavy (non-hydrogen) atoms. The number of carbonyl (C=O) groups is 12. The molecule has 338 valence electrons. The molecule has 0 heterocycles. The molecular weight excluding hydrogens is 806 g/mol. The Morgan fingerprint density at radius 2 is 1.00 bits per heavy atom. The number of aliphatic hydroxyl groups is 2. The highest BCUT2D eigenvalue weighted by Gasteiger charge is 2.32. The van der Waals surface area contributed by atoms with Crippen molar-refractivity contribution >= 4 is 70.9 Å². The molecule has 0 unspecified atom stereocenters. The summed E-state index contributed by atoms with van der Waals surface area (Å²) >= 11 is 0. The quantitative estimate of drug-likeness (QED) is 0.0298. The van der Waals surface area contributed by atoms with Crippen LogP contribution in [0.3, 0.4) is 0 Å². The number of hydrogen-bond donors (Lipinski definition) is 16. The Kier molecular flexibility index (Phi) is 25.0. The first-order valence-electron chi connectivity index (χ1n) is 18.2. The molecule has 0 aromatic carbocycles. The number of amides is 11. The first-order valence-corrected chi connectivity index (χ1v) is 18.2. The number of carboxylic acids is 1. The Labute approximate surface area is 341 Å². The minimum Gasteiger partial charge on any atom is -0.480 e. The van der Waals surface area contributed by atoms with Gasteiger partial charge in [0.15, 0.2) is 0 Å². The second kappa shape index (κ2) is 28.0. The lowest BCUT2D eigenvalue weighted by molar-refractivity contribution is -0.144. The van der Waals surface area contributed by atoms with Gasteiger partial charge in [0, 0.05) is 6.42 Å². The zero-order chi connectivity index (χ0) is 46.1. The van der Waals surface area contributed by atoms with Crippen molar-refractivity contribution in [1.29, 1.82) is 0 Å². The third-order valence-corrected chi connectivity index (χ3v) is 7.95. The molecule has 0 aliphatic rings. The van der Waals surface area contributed by atoms with E-state index in [1.165, 1.54) is 6.92 Å². The van der Waals surface area contributed by atoms with Crippen molar-refractivity contribution in [3.05, 3.63) is 0 Å². The first kappa shape index (κ1) is 53.5. The van der Waals surface area contributed by atoms with Gasteiger partial charge in [-0.25, -0.2) is 4.79 Å². The molecule has 0 fully saturated rings. The SMILES string of the molecule is C[C@H](NC(=O)[C@@H](N)CCC(N)=O)C(=O)N[C@@H](CCCCN)C(=O)N[C@@H](CO)C(=O)N[C@@H](CC(N)=O)C(=O)NCC(=O)NCC(=O)N[C@@H](CO)C(=O)N[C@@H](CC(N)=O)C(=O)O. The minimum atomic E-state index is -1.78. The van der Waals surface area contributed by atoms with E-state index in [-0.39, 0.29) is 25.8 Å². The molecule has 0 rings (SSSR count). The lowest BCUT2D eigenvalue weighted by Gasteiger charge is -2.25. The summed E-state index contributed by atoms with van der Waals surface area (Å²) in [6, 6.07) is -10.8. The Morgan fingerprint density at radius 3 is 1.52 bits per heavy atom. The molecule has 0 aromatic heterocycles. The average molecular weight is 862 g/mol.